The first-order valence-corrected chi connectivity index (χ1v) is 11.1. The Hall–Kier alpha value is -2.86. The Morgan fingerprint density at radius 1 is 1.20 bits per heavy atom. The summed E-state index contributed by atoms with van der Waals surface area (Å²) < 4.78 is 7.85. The number of halogens is 1. The van der Waals surface area contributed by atoms with Gasteiger partial charge in [-0.1, -0.05) is 71.1 Å². The quantitative estimate of drug-likeness (QED) is 0.245. The van der Waals surface area contributed by atoms with Gasteiger partial charge in [-0.2, -0.15) is 4.68 Å². The van der Waals surface area contributed by atoms with Crippen LogP contribution in [-0.4, -0.2) is 38.5 Å². The number of hydrogen-bond donors (Lipinski definition) is 0. The molecule has 2 heterocycles. The number of aromatic nitrogens is 4. The Morgan fingerprint density at radius 3 is 2.80 bits per heavy atom. The average molecular weight is 455 g/mol. The van der Waals surface area contributed by atoms with E-state index in [4.69, 9.17) is 16.3 Å². The number of nitrogens with zero attached hydrogens (tertiary/aromatic N) is 4. The Balaban J connectivity index is 1.31. The average Bonchev–Trinajstić information content (AvgIpc) is 3.36. The van der Waals surface area contributed by atoms with Crippen molar-refractivity contribution in [3.05, 3.63) is 64.0 Å². The molecule has 4 aromatic rings. The summed E-state index contributed by atoms with van der Waals surface area (Å²) in [4.78, 5) is 12.7. The molecule has 0 aliphatic rings. The fourth-order valence-electron chi connectivity index (χ4n) is 2.63. The van der Waals surface area contributed by atoms with E-state index < -0.39 is 5.97 Å². The number of hydrogen-bond acceptors (Lipinski definition) is 7. The summed E-state index contributed by atoms with van der Waals surface area (Å²) in [5, 5.41) is 13.7. The third kappa shape index (κ3) is 4.49. The van der Waals surface area contributed by atoms with Crippen LogP contribution in [0.5, 0.6) is 0 Å². The zero-order valence-corrected chi connectivity index (χ0v) is 18.2. The van der Waals surface area contributed by atoms with E-state index in [0.717, 1.165) is 15.8 Å². The molecule has 150 valence electrons. The molecule has 0 bridgehead atoms. The van der Waals surface area contributed by atoms with E-state index in [9.17, 15) is 4.79 Å². The summed E-state index contributed by atoms with van der Waals surface area (Å²) in [6.45, 7) is 2.02. The number of rotatable bonds is 5. The molecule has 0 aliphatic carbocycles. The standard InChI is InChI=1S/C21H15ClN4O2S2/c1-14-8-10-15(11-9-14)26-21(23-24-25-26)29-13-5-4-12-28-20(27)19-18(22)16-6-2-3-7-17(16)30-19/h2-3,6-11H,12-13H2,1H3. The number of ether oxygens (including phenoxy) is 1. The van der Waals surface area contributed by atoms with Gasteiger partial charge in [0.25, 0.3) is 0 Å². The van der Waals surface area contributed by atoms with Crippen molar-refractivity contribution in [1.29, 1.82) is 0 Å². The summed E-state index contributed by atoms with van der Waals surface area (Å²) in [6.07, 6.45) is 0. The Morgan fingerprint density at radius 2 is 2.00 bits per heavy atom. The van der Waals surface area contributed by atoms with E-state index in [1.807, 2.05) is 55.5 Å². The summed E-state index contributed by atoms with van der Waals surface area (Å²) >= 11 is 9.02. The van der Waals surface area contributed by atoms with Gasteiger partial charge < -0.3 is 4.74 Å². The van der Waals surface area contributed by atoms with E-state index in [2.05, 4.69) is 27.4 Å². The van der Waals surface area contributed by atoms with Crippen molar-refractivity contribution < 1.29 is 9.53 Å². The van der Waals surface area contributed by atoms with Crippen LogP contribution in [-0.2, 0) is 4.74 Å². The number of carbonyl (C=O) groups is 1. The van der Waals surface area contributed by atoms with Crippen LogP contribution in [0, 0.1) is 18.8 Å². The van der Waals surface area contributed by atoms with Crippen molar-refractivity contribution in [2.45, 2.75) is 12.1 Å². The molecule has 0 N–H and O–H groups in total. The molecule has 0 spiro atoms. The van der Waals surface area contributed by atoms with E-state index in [0.29, 0.717) is 20.8 Å². The van der Waals surface area contributed by atoms with E-state index in [1.54, 1.807) is 4.68 Å². The highest BCUT2D eigenvalue weighted by Crippen LogP contribution is 2.35. The molecular weight excluding hydrogens is 440 g/mol. The van der Waals surface area contributed by atoms with Crippen LogP contribution < -0.4 is 0 Å². The third-order valence-corrected chi connectivity index (χ3v) is 6.57. The molecule has 0 atom stereocenters. The number of thiophene rings is 1. The molecule has 0 fully saturated rings. The molecule has 0 unspecified atom stereocenters. The number of tetrazole rings is 1. The van der Waals surface area contributed by atoms with Crippen LogP contribution in [0.25, 0.3) is 15.8 Å². The SMILES string of the molecule is Cc1ccc(-n2nnnc2SCC#CCOC(=O)c2sc3ccccc3c2Cl)cc1. The lowest BCUT2D eigenvalue weighted by Gasteiger charge is -2.03. The van der Waals surface area contributed by atoms with Crippen LogP contribution in [0.3, 0.4) is 0 Å². The highest BCUT2D eigenvalue weighted by Gasteiger charge is 2.17. The number of aryl methyl sites for hydroxylation is 1. The molecule has 2 aromatic heterocycles. The molecule has 0 amide bonds. The van der Waals surface area contributed by atoms with Crippen molar-refractivity contribution in [3.63, 3.8) is 0 Å². The Labute approximate surface area is 186 Å². The maximum absolute atomic E-state index is 12.3. The fraction of sp³-hybridized carbons (Fsp3) is 0.143. The lowest BCUT2D eigenvalue weighted by Crippen LogP contribution is -2.03. The lowest BCUT2D eigenvalue weighted by atomic mass is 10.2. The van der Waals surface area contributed by atoms with Gasteiger partial charge in [0.1, 0.15) is 4.88 Å². The van der Waals surface area contributed by atoms with Gasteiger partial charge >= 0.3 is 5.97 Å². The second kappa shape index (κ2) is 9.30. The topological polar surface area (TPSA) is 69.9 Å². The number of carbonyl (C=O) groups excluding carboxylic acids is 1. The maximum atomic E-state index is 12.3. The second-order valence-electron chi connectivity index (χ2n) is 6.17. The zero-order chi connectivity index (χ0) is 20.9. The van der Waals surface area contributed by atoms with Crippen molar-refractivity contribution >= 4 is 50.8 Å². The largest absolute Gasteiger partial charge is 0.448 e. The monoisotopic (exact) mass is 454 g/mol. The lowest BCUT2D eigenvalue weighted by molar-refractivity contribution is 0.0562. The first kappa shape index (κ1) is 20.4. The molecule has 30 heavy (non-hydrogen) atoms. The minimum absolute atomic E-state index is 0.00707. The highest BCUT2D eigenvalue weighted by atomic mass is 35.5. The first-order valence-electron chi connectivity index (χ1n) is 8.91. The van der Waals surface area contributed by atoms with E-state index in [1.165, 1.54) is 28.7 Å². The van der Waals surface area contributed by atoms with Crippen molar-refractivity contribution in [1.82, 2.24) is 20.2 Å². The van der Waals surface area contributed by atoms with Gasteiger partial charge in [-0.05, 0) is 35.5 Å². The first-order chi connectivity index (χ1) is 14.6. The van der Waals surface area contributed by atoms with Crippen LogP contribution >= 0.6 is 34.7 Å². The summed E-state index contributed by atoms with van der Waals surface area (Å²) in [7, 11) is 0. The molecule has 4 rings (SSSR count). The predicted octanol–water partition coefficient (Wildman–Crippen LogP) is 4.79. The minimum atomic E-state index is -0.466. The normalized spacial score (nSPS) is 10.6. The van der Waals surface area contributed by atoms with Crippen LogP contribution in [0.2, 0.25) is 5.02 Å². The number of esters is 1. The maximum Gasteiger partial charge on any atom is 0.350 e. The summed E-state index contributed by atoms with van der Waals surface area (Å²) in [5.74, 6) is 5.79. The number of fused-ring (bicyclic) bond motifs is 1. The van der Waals surface area contributed by atoms with Crippen LogP contribution in [0.4, 0.5) is 0 Å². The molecule has 0 aliphatic heterocycles. The van der Waals surface area contributed by atoms with Crippen molar-refractivity contribution in [2.75, 3.05) is 12.4 Å². The fourth-order valence-corrected chi connectivity index (χ4v) is 4.70. The van der Waals surface area contributed by atoms with E-state index >= 15 is 0 Å². The van der Waals surface area contributed by atoms with Crippen molar-refractivity contribution in [2.24, 2.45) is 0 Å². The van der Waals surface area contributed by atoms with Crippen LogP contribution in [0.1, 0.15) is 15.2 Å². The third-order valence-electron chi connectivity index (χ3n) is 4.11. The molecule has 0 saturated carbocycles. The zero-order valence-electron chi connectivity index (χ0n) is 15.8. The molecular formula is C21H15ClN4O2S2. The minimum Gasteiger partial charge on any atom is -0.448 e. The molecule has 6 nitrogen and oxygen atoms in total. The van der Waals surface area contributed by atoms with Crippen LogP contribution in [0.15, 0.2) is 53.7 Å². The Kier molecular flexibility index (Phi) is 6.33. The number of benzene rings is 2. The highest BCUT2D eigenvalue weighted by molar-refractivity contribution is 7.99. The molecule has 9 heteroatoms. The van der Waals surface area contributed by atoms with Gasteiger partial charge in [0.15, 0.2) is 6.61 Å². The van der Waals surface area contributed by atoms with Gasteiger partial charge in [-0.25, -0.2) is 4.79 Å². The summed E-state index contributed by atoms with van der Waals surface area (Å²) in [5.41, 5.74) is 2.05. The molecule has 0 radical (unpaired) electrons. The molecule has 0 saturated heterocycles. The summed E-state index contributed by atoms with van der Waals surface area (Å²) in [6, 6.07) is 15.5. The van der Waals surface area contributed by atoms with E-state index in [-0.39, 0.29) is 6.61 Å². The number of thioether (sulfide) groups is 1. The van der Waals surface area contributed by atoms with Gasteiger partial charge in [-0.15, -0.1) is 16.4 Å². The smallest absolute Gasteiger partial charge is 0.350 e. The Bertz CT molecular complexity index is 1260. The van der Waals surface area contributed by atoms with Crippen molar-refractivity contribution in [3.8, 4) is 17.5 Å². The van der Waals surface area contributed by atoms with Gasteiger partial charge in [-0.3, -0.25) is 0 Å². The van der Waals surface area contributed by atoms with Gasteiger partial charge in [0.2, 0.25) is 5.16 Å². The van der Waals surface area contributed by atoms with Gasteiger partial charge in [0, 0.05) is 10.1 Å². The second-order valence-corrected chi connectivity index (χ2v) is 8.54. The molecule has 2 aromatic carbocycles. The van der Waals surface area contributed by atoms with Gasteiger partial charge in [0.05, 0.1) is 16.5 Å². The predicted molar refractivity (Wildman–Crippen MR) is 120 cm³/mol.